The van der Waals surface area contributed by atoms with Crippen LogP contribution in [-0.2, 0) is 27.8 Å². The van der Waals surface area contributed by atoms with Crippen molar-refractivity contribution in [2.75, 3.05) is 0 Å². The average Bonchev–Trinajstić information content (AvgIpc) is 2.85. The van der Waals surface area contributed by atoms with E-state index in [2.05, 4.69) is 10.4 Å². The summed E-state index contributed by atoms with van der Waals surface area (Å²) < 4.78 is 7.08. The Hall–Kier alpha value is -2.63. The lowest BCUT2D eigenvalue weighted by molar-refractivity contribution is -0.155. The van der Waals surface area contributed by atoms with Gasteiger partial charge in [0.15, 0.2) is 6.10 Å². The Morgan fingerprint density at radius 1 is 1.19 bits per heavy atom. The van der Waals surface area contributed by atoms with Crippen LogP contribution in [0.1, 0.15) is 48.8 Å². The Kier molecular flexibility index (Phi) is 6.55. The summed E-state index contributed by atoms with van der Waals surface area (Å²) in [4.78, 5) is 24.3. The standard InChI is InChI=1S/C20H27N3O3/c1-13(17-9-7-6-8-10-17)21-20(25)16(4)26-19(24)12-11-18-14(2)22-23(5)15(18)3/h6-10,13,16H,11-12H2,1-5H3,(H,21,25). The van der Waals surface area contributed by atoms with E-state index in [0.29, 0.717) is 6.42 Å². The highest BCUT2D eigenvalue weighted by molar-refractivity contribution is 5.83. The lowest BCUT2D eigenvalue weighted by Crippen LogP contribution is -2.37. The monoisotopic (exact) mass is 357 g/mol. The third kappa shape index (κ3) is 4.94. The second-order valence-electron chi connectivity index (χ2n) is 6.55. The molecule has 0 aliphatic rings. The van der Waals surface area contributed by atoms with Gasteiger partial charge in [0.05, 0.1) is 11.7 Å². The first-order valence-corrected chi connectivity index (χ1v) is 8.83. The number of nitrogens with one attached hydrogen (secondary N) is 1. The molecule has 2 rings (SSSR count). The number of benzene rings is 1. The van der Waals surface area contributed by atoms with Gasteiger partial charge in [-0.3, -0.25) is 14.3 Å². The maximum Gasteiger partial charge on any atom is 0.306 e. The zero-order valence-electron chi connectivity index (χ0n) is 16.1. The number of carbonyl (C=O) groups is 2. The van der Waals surface area contributed by atoms with Gasteiger partial charge in [-0.05, 0) is 45.2 Å². The number of aromatic nitrogens is 2. The van der Waals surface area contributed by atoms with Gasteiger partial charge in [-0.15, -0.1) is 0 Å². The topological polar surface area (TPSA) is 73.2 Å². The van der Waals surface area contributed by atoms with Crippen LogP contribution in [0.25, 0.3) is 0 Å². The first-order chi connectivity index (χ1) is 12.3. The molecule has 2 atom stereocenters. The molecule has 0 aliphatic carbocycles. The number of ether oxygens (including phenoxy) is 1. The highest BCUT2D eigenvalue weighted by Crippen LogP contribution is 2.15. The molecule has 6 nitrogen and oxygen atoms in total. The molecule has 1 heterocycles. The number of aryl methyl sites for hydroxylation is 2. The lowest BCUT2D eigenvalue weighted by atomic mass is 10.1. The van der Waals surface area contributed by atoms with Crippen molar-refractivity contribution in [2.24, 2.45) is 7.05 Å². The summed E-state index contributed by atoms with van der Waals surface area (Å²) in [6, 6.07) is 9.51. The summed E-state index contributed by atoms with van der Waals surface area (Å²) in [5.74, 6) is -0.689. The molecule has 0 bridgehead atoms. The van der Waals surface area contributed by atoms with E-state index in [4.69, 9.17) is 4.74 Å². The van der Waals surface area contributed by atoms with Crippen molar-refractivity contribution in [3.63, 3.8) is 0 Å². The van der Waals surface area contributed by atoms with Crippen molar-refractivity contribution >= 4 is 11.9 Å². The third-order valence-corrected chi connectivity index (χ3v) is 4.57. The van der Waals surface area contributed by atoms with Crippen molar-refractivity contribution in [3.8, 4) is 0 Å². The van der Waals surface area contributed by atoms with Crippen LogP contribution in [0.4, 0.5) is 0 Å². The number of hydrogen-bond donors (Lipinski definition) is 1. The van der Waals surface area contributed by atoms with E-state index in [1.165, 1.54) is 0 Å². The maximum atomic E-state index is 12.2. The van der Waals surface area contributed by atoms with Crippen LogP contribution >= 0.6 is 0 Å². The van der Waals surface area contributed by atoms with E-state index < -0.39 is 6.10 Å². The highest BCUT2D eigenvalue weighted by atomic mass is 16.5. The predicted octanol–water partition coefficient (Wildman–Crippen LogP) is 2.78. The minimum Gasteiger partial charge on any atom is -0.453 e. The Labute approximate surface area is 154 Å². The molecule has 1 aromatic heterocycles. The molecule has 2 unspecified atom stereocenters. The zero-order valence-corrected chi connectivity index (χ0v) is 16.1. The van der Waals surface area contributed by atoms with Crippen molar-refractivity contribution in [1.82, 2.24) is 15.1 Å². The van der Waals surface area contributed by atoms with E-state index in [1.54, 1.807) is 11.6 Å². The Balaban J connectivity index is 1.83. The van der Waals surface area contributed by atoms with E-state index in [0.717, 1.165) is 22.5 Å². The molecule has 1 amide bonds. The average molecular weight is 357 g/mol. The van der Waals surface area contributed by atoms with Crippen molar-refractivity contribution in [1.29, 1.82) is 0 Å². The van der Waals surface area contributed by atoms with Gasteiger partial charge in [0, 0.05) is 19.2 Å². The minimum absolute atomic E-state index is 0.148. The smallest absolute Gasteiger partial charge is 0.306 e. The van der Waals surface area contributed by atoms with Gasteiger partial charge >= 0.3 is 5.97 Å². The molecule has 1 N–H and O–H groups in total. The van der Waals surface area contributed by atoms with Crippen molar-refractivity contribution in [3.05, 3.63) is 52.8 Å². The van der Waals surface area contributed by atoms with Gasteiger partial charge in [-0.1, -0.05) is 30.3 Å². The summed E-state index contributed by atoms with van der Waals surface area (Å²) in [6.07, 6.45) is -0.0528. The molecular weight excluding hydrogens is 330 g/mol. The van der Waals surface area contributed by atoms with Crippen LogP contribution in [0, 0.1) is 13.8 Å². The largest absolute Gasteiger partial charge is 0.453 e. The molecule has 0 radical (unpaired) electrons. The third-order valence-electron chi connectivity index (χ3n) is 4.57. The summed E-state index contributed by atoms with van der Waals surface area (Å²) in [7, 11) is 1.88. The van der Waals surface area contributed by atoms with Gasteiger partial charge in [0.1, 0.15) is 0 Å². The molecule has 140 valence electrons. The van der Waals surface area contributed by atoms with Gasteiger partial charge in [-0.2, -0.15) is 5.10 Å². The fourth-order valence-electron chi connectivity index (χ4n) is 2.87. The predicted molar refractivity (Wildman–Crippen MR) is 99.6 cm³/mol. The van der Waals surface area contributed by atoms with Gasteiger partial charge in [-0.25, -0.2) is 0 Å². The second-order valence-corrected chi connectivity index (χ2v) is 6.55. The number of rotatable bonds is 7. The molecule has 0 aliphatic heterocycles. The molecule has 1 aromatic carbocycles. The van der Waals surface area contributed by atoms with Gasteiger partial charge in [0.2, 0.25) is 0 Å². The summed E-state index contributed by atoms with van der Waals surface area (Å²) in [6.45, 7) is 7.39. The van der Waals surface area contributed by atoms with Gasteiger partial charge in [0.25, 0.3) is 5.91 Å². The number of esters is 1. The molecule has 0 fully saturated rings. The Morgan fingerprint density at radius 2 is 1.85 bits per heavy atom. The van der Waals surface area contributed by atoms with E-state index in [1.807, 2.05) is 58.2 Å². The quantitative estimate of drug-likeness (QED) is 0.774. The lowest BCUT2D eigenvalue weighted by Gasteiger charge is -2.18. The summed E-state index contributed by atoms with van der Waals surface area (Å²) in [5, 5.41) is 7.21. The van der Waals surface area contributed by atoms with Crippen LogP contribution in [0.3, 0.4) is 0 Å². The number of carbonyl (C=O) groups excluding carboxylic acids is 2. The molecule has 0 saturated carbocycles. The van der Waals surface area contributed by atoms with Crippen LogP contribution in [0.2, 0.25) is 0 Å². The van der Waals surface area contributed by atoms with Crippen molar-refractivity contribution in [2.45, 2.75) is 52.7 Å². The van der Waals surface area contributed by atoms with Gasteiger partial charge < -0.3 is 10.1 Å². The minimum atomic E-state index is -0.829. The molecular formula is C20H27N3O3. The second kappa shape index (κ2) is 8.65. The summed E-state index contributed by atoms with van der Waals surface area (Å²) >= 11 is 0. The first-order valence-electron chi connectivity index (χ1n) is 8.83. The van der Waals surface area contributed by atoms with Crippen LogP contribution in [-0.4, -0.2) is 27.8 Å². The van der Waals surface area contributed by atoms with Crippen molar-refractivity contribution < 1.29 is 14.3 Å². The van der Waals surface area contributed by atoms with E-state index in [-0.39, 0.29) is 24.3 Å². The van der Waals surface area contributed by atoms with Crippen LogP contribution in [0.5, 0.6) is 0 Å². The number of amides is 1. The number of nitrogens with zero attached hydrogens (tertiary/aromatic N) is 2. The first kappa shape index (κ1) is 19.7. The fourth-order valence-corrected chi connectivity index (χ4v) is 2.87. The highest BCUT2D eigenvalue weighted by Gasteiger charge is 2.20. The van der Waals surface area contributed by atoms with E-state index >= 15 is 0 Å². The Morgan fingerprint density at radius 3 is 2.42 bits per heavy atom. The number of hydrogen-bond acceptors (Lipinski definition) is 4. The molecule has 2 aromatic rings. The van der Waals surface area contributed by atoms with Crippen LogP contribution < -0.4 is 5.32 Å². The normalized spacial score (nSPS) is 13.1. The molecule has 0 spiro atoms. The molecule has 0 saturated heterocycles. The van der Waals surface area contributed by atoms with E-state index in [9.17, 15) is 9.59 Å². The Bertz CT molecular complexity index is 768. The fraction of sp³-hybridized carbons (Fsp3) is 0.450. The van der Waals surface area contributed by atoms with Crippen LogP contribution in [0.15, 0.2) is 30.3 Å². The summed E-state index contributed by atoms with van der Waals surface area (Å²) in [5.41, 5.74) is 4.01. The zero-order chi connectivity index (χ0) is 19.3. The SMILES string of the molecule is Cc1nn(C)c(C)c1CCC(=O)OC(C)C(=O)NC(C)c1ccccc1. The maximum absolute atomic E-state index is 12.2. The molecule has 26 heavy (non-hydrogen) atoms. The molecule has 6 heteroatoms.